The minimum Gasteiger partial charge on any atom is -0.431 e. The third kappa shape index (κ3) is 9.27. The second kappa shape index (κ2) is 16.3. The number of nitrogens with two attached hydrogens (primary N) is 2. The topological polar surface area (TPSA) is 190 Å². The molecule has 2 fully saturated rings. The van der Waals surface area contributed by atoms with Gasteiger partial charge >= 0.3 is 17.8 Å². The Hall–Kier alpha value is -4.44. The summed E-state index contributed by atoms with van der Waals surface area (Å²) in [6, 6.07) is 11.4. The molecule has 3 aromatic rings. The third-order valence-corrected chi connectivity index (χ3v) is 8.83. The number of nitrogen functional groups attached to an aromatic ring is 1. The highest BCUT2D eigenvalue weighted by Crippen LogP contribution is 2.42. The van der Waals surface area contributed by atoms with Crippen molar-refractivity contribution in [2.45, 2.75) is 88.4 Å². The average Bonchev–Trinajstić information content (AvgIpc) is 3.31. The van der Waals surface area contributed by atoms with E-state index in [0.29, 0.717) is 35.7 Å². The van der Waals surface area contributed by atoms with Crippen molar-refractivity contribution < 1.29 is 42.4 Å². The summed E-state index contributed by atoms with van der Waals surface area (Å²) in [6.45, 7) is 3.24. The highest BCUT2D eigenvalue weighted by molar-refractivity contribution is 6.23. The van der Waals surface area contributed by atoms with Crippen molar-refractivity contribution in [2.24, 2.45) is 5.73 Å². The fraction of sp³-hybridized carbons (Fsp3) is 0.500. The van der Waals surface area contributed by atoms with Gasteiger partial charge in [0.05, 0.1) is 12.2 Å². The van der Waals surface area contributed by atoms with Gasteiger partial charge < -0.3 is 40.8 Å². The quantitative estimate of drug-likeness (QED) is 0.157. The highest BCUT2D eigenvalue weighted by Gasteiger charge is 2.60. The fourth-order valence-corrected chi connectivity index (χ4v) is 6.19. The number of alkyl halides is 2. The van der Waals surface area contributed by atoms with E-state index in [-0.39, 0.29) is 18.2 Å². The molecule has 3 aliphatic rings. The Morgan fingerprint density at radius 3 is 2.61 bits per heavy atom. The van der Waals surface area contributed by atoms with E-state index >= 15 is 0 Å². The lowest BCUT2D eigenvalue weighted by Crippen LogP contribution is -2.42. The van der Waals surface area contributed by atoms with E-state index in [9.17, 15) is 28.3 Å². The minimum absolute atomic E-state index is 0.00567. The SMILES string of the molecule is CC(C)(COCCCNc1ccc2cccc3c2c1C(=O)C=C3)OC(=O)OCC1OC(n2ccc(N)nc2=O)C(F)(F)C1O.NC1CCCCC1. The van der Waals surface area contributed by atoms with Crippen molar-refractivity contribution in [1.82, 2.24) is 9.55 Å². The normalized spacial score (nSPS) is 21.2. The highest BCUT2D eigenvalue weighted by atomic mass is 19.3. The number of hydrogen-bond acceptors (Lipinski definition) is 12. The summed E-state index contributed by atoms with van der Waals surface area (Å²) in [5.74, 6) is -4.11. The molecule has 0 bridgehead atoms. The largest absolute Gasteiger partial charge is 0.508 e. The molecule has 1 saturated carbocycles. The average molecular weight is 714 g/mol. The molecule has 1 aromatic heterocycles. The lowest BCUT2D eigenvalue weighted by atomic mass is 9.91. The molecule has 2 aromatic carbocycles. The monoisotopic (exact) mass is 713 g/mol. The van der Waals surface area contributed by atoms with E-state index in [0.717, 1.165) is 34.3 Å². The van der Waals surface area contributed by atoms with Crippen LogP contribution in [0.4, 0.5) is 25.1 Å². The van der Waals surface area contributed by atoms with E-state index in [1.54, 1.807) is 19.9 Å². The first-order valence-electron chi connectivity index (χ1n) is 17.0. The van der Waals surface area contributed by atoms with E-state index in [2.05, 4.69) is 10.3 Å². The lowest BCUT2D eigenvalue weighted by Gasteiger charge is -2.25. The van der Waals surface area contributed by atoms with Gasteiger partial charge in [0.2, 0.25) is 6.23 Å². The van der Waals surface area contributed by atoms with Crippen molar-refractivity contribution in [2.75, 3.05) is 37.4 Å². The zero-order valence-electron chi connectivity index (χ0n) is 28.7. The molecule has 0 radical (unpaired) electrons. The molecule has 51 heavy (non-hydrogen) atoms. The molecule has 6 N–H and O–H groups in total. The number of aliphatic hydroxyl groups is 1. The van der Waals surface area contributed by atoms with E-state index < -0.39 is 48.4 Å². The molecule has 13 nitrogen and oxygen atoms in total. The number of aromatic nitrogens is 2. The number of nitrogens with zero attached hydrogens (tertiary/aromatic N) is 2. The number of carbonyl (C=O) groups is 2. The summed E-state index contributed by atoms with van der Waals surface area (Å²) in [4.78, 5) is 40.3. The first kappa shape index (κ1) is 37.8. The molecule has 0 spiro atoms. The van der Waals surface area contributed by atoms with E-state index in [4.69, 9.17) is 30.4 Å². The maximum absolute atomic E-state index is 14.7. The van der Waals surface area contributed by atoms with Gasteiger partial charge in [-0.1, -0.05) is 49.6 Å². The van der Waals surface area contributed by atoms with Crippen LogP contribution in [-0.4, -0.2) is 82.7 Å². The molecule has 6 rings (SSSR count). The van der Waals surface area contributed by atoms with Crippen LogP contribution in [-0.2, 0) is 18.9 Å². The van der Waals surface area contributed by atoms with Crippen LogP contribution in [0.3, 0.4) is 0 Å². The maximum atomic E-state index is 14.7. The van der Waals surface area contributed by atoms with Crippen molar-refractivity contribution in [1.29, 1.82) is 0 Å². The van der Waals surface area contributed by atoms with Crippen LogP contribution in [0.1, 0.15) is 74.5 Å². The minimum atomic E-state index is -3.89. The molecule has 3 atom stereocenters. The number of halogens is 2. The van der Waals surface area contributed by atoms with Gasteiger partial charge in [-0.3, -0.25) is 9.36 Å². The molecule has 3 unspecified atom stereocenters. The van der Waals surface area contributed by atoms with Crippen molar-refractivity contribution in [3.8, 4) is 0 Å². The smallest absolute Gasteiger partial charge is 0.431 e. The van der Waals surface area contributed by atoms with Gasteiger partial charge in [-0.2, -0.15) is 13.8 Å². The number of anilines is 2. The summed E-state index contributed by atoms with van der Waals surface area (Å²) >= 11 is 0. The van der Waals surface area contributed by atoms with E-state index in [1.807, 2.05) is 36.4 Å². The number of carbonyl (C=O) groups excluding carboxylic acids is 2. The molecular weight excluding hydrogens is 668 g/mol. The molecule has 1 saturated heterocycles. The maximum Gasteiger partial charge on any atom is 0.508 e. The summed E-state index contributed by atoms with van der Waals surface area (Å²) in [7, 11) is 0. The van der Waals surface area contributed by atoms with Gasteiger partial charge in [0.15, 0.2) is 11.9 Å². The first-order chi connectivity index (χ1) is 24.3. The second-order valence-corrected chi connectivity index (χ2v) is 13.5. The molecule has 15 heteroatoms. The van der Waals surface area contributed by atoms with E-state index in [1.165, 1.54) is 32.1 Å². The van der Waals surface area contributed by atoms with Crippen molar-refractivity contribution in [3.63, 3.8) is 0 Å². The number of nitrogens with one attached hydrogen (secondary N) is 1. The number of hydrogen-bond donors (Lipinski definition) is 4. The van der Waals surface area contributed by atoms with Gasteiger partial charge in [-0.05, 0) is 62.3 Å². The second-order valence-electron chi connectivity index (χ2n) is 13.5. The summed E-state index contributed by atoms with van der Waals surface area (Å²) in [5.41, 5.74) is 11.2. The number of rotatable bonds is 11. The van der Waals surface area contributed by atoms with Gasteiger partial charge in [0.25, 0.3) is 0 Å². The molecule has 276 valence electrons. The van der Waals surface area contributed by atoms with Crippen LogP contribution in [0.15, 0.2) is 53.5 Å². The van der Waals surface area contributed by atoms with Gasteiger partial charge in [-0.15, -0.1) is 0 Å². The third-order valence-electron chi connectivity index (χ3n) is 8.83. The number of aliphatic hydroxyl groups excluding tert-OH is 1. The number of ketones is 1. The van der Waals surface area contributed by atoms with Gasteiger partial charge in [-0.25, -0.2) is 9.59 Å². The number of ether oxygens (including phenoxy) is 4. The molecule has 0 amide bonds. The zero-order valence-corrected chi connectivity index (χ0v) is 28.7. The van der Waals surface area contributed by atoms with Crippen LogP contribution in [0, 0.1) is 0 Å². The predicted octanol–water partition coefficient (Wildman–Crippen LogP) is 4.81. The Balaban J connectivity index is 0.000000643. The van der Waals surface area contributed by atoms with Crippen molar-refractivity contribution >= 4 is 40.3 Å². The Morgan fingerprint density at radius 1 is 1.14 bits per heavy atom. The number of benzene rings is 2. The van der Waals surface area contributed by atoms with Gasteiger partial charge in [0.1, 0.15) is 24.1 Å². The molecule has 2 aliphatic carbocycles. The van der Waals surface area contributed by atoms with Crippen LogP contribution in [0.2, 0.25) is 0 Å². The predicted molar refractivity (Wildman–Crippen MR) is 187 cm³/mol. The standard InChI is InChI=1S/C30H32F2N4O8.C6H13N/c1-29(2,16-41-14-4-12-34-19-9-7-17-5-3-6-18-8-10-20(37)24(19)23(17)18)44-28(40)42-15-21-25(38)30(31,32)26(43-21)36-13-11-22(33)35-27(36)39;7-6-4-2-1-3-5-6/h3,5-11,13,21,25-26,34,38H,4,12,14-16H2,1-2H3,(H2,33,35,39);6H,1-5,7H2. The Labute approximate surface area is 293 Å². The molecular formula is C36H45F2N5O8. The zero-order chi connectivity index (χ0) is 36.8. The summed E-state index contributed by atoms with van der Waals surface area (Å²) < 4.78 is 50.8. The van der Waals surface area contributed by atoms with Crippen LogP contribution < -0.4 is 22.5 Å². The van der Waals surface area contributed by atoms with Crippen LogP contribution in [0.5, 0.6) is 0 Å². The lowest BCUT2D eigenvalue weighted by molar-refractivity contribution is -0.141. The summed E-state index contributed by atoms with van der Waals surface area (Å²) in [6.07, 6.45) is 4.22. The Bertz CT molecular complexity index is 1790. The van der Waals surface area contributed by atoms with Crippen molar-refractivity contribution in [3.05, 3.63) is 70.3 Å². The molecule has 1 aliphatic heterocycles. The van der Waals surface area contributed by atoms with Gasteiger partial charge in [0, 0.05) is 36.5 Å². The van der Waals surface area contributed by atoms with Crippen LogP contribution in [0.25, 0.3) is 16.8 Å². The Kier molecular flexibility index (Phi) is 12.1. The molecule has 2 heterocycles. The number of allylic oxidation sites excluding steroid dienone is 1. The fourth-order valence-electron chi connectivity index (χ4n) is 6.19. The summed E-state index contributed by atoms with van der Waals surface area (Å²) in [5, 5.41) is 15.3. The Morgan fingerprint density at radius 2 is 1.90 bits per heavy atom. The first-order valence-corrected chi connectivity index (χ1v) is 17.0. The van der Waals surface area contributed by atoms with Crippen LogP contribution >= 0.6 is 0 Å².